The first-order valence-electron chi connectivity index (χ1n) is 6.08. The van der Waals surface area contributed by atoms with E-state index in [1.807, 2.05) is 18.2 Å². The minimum Gasteiger partial charge on any atom is -0.492 e. The SMILES string of the molecule is CC1=COC(c2ccc3ccccc3c2)CC1=O. The number of allylic oxidation sites excluding steroid dienone is 1. The number of rotatable bonds is 1. The number of carbonyl (C=O) groups excluding carboxylic acids is 1. The van der Waals surface area contributed by atoms with Crippen LogP contribution in [0.15, 0.2) is 54.3 Å². The van der Waals surface area contributed by atoms with Crippen molar-refractivity contribution in [3.63, 3.8) is 0 Å². The molecule has 0 saturated heterocycles. The lowest BCUT2D eigenvalue weighted by Gasteiger charge is -2.21. The van der Waals surface area contributed by atoms with E-state index >= 15 is 0 Å². The number of Topliss-reactive ketones (excluding diaryl/α,β-unsaturated/α-hetero) is 1. The van der Waals surface area contributed by atoms with Crippen molar-refractivity contribution in [3.8, 4) is 0 Å². The summed E-state index contributed by atoms with van der Waals surface area (Å²) >= 11 is 0. The Morgan fingerprint density at radius 1 is 1.11 bits per heavy atom. The molecule has 2 nitrogen and oxygen atoms in total. The lowest BCUT2D eigenvalue weighted by molar-refractivity contribution is -0.119. The van der Waals surface area contributed by atoms with E-state index in [0.29, 0.717) is 12.0 Å². The molecule has 1 aliphatic heterocycles. The van der Waals surface area contributed by atoms with Crippen LogP contribution in [0.3, 0.4) is 0 Å². The number of hydrogen-bond donors (Lipinski definition) is 0. The molecule has 0 N–H and O–H groups in total. The zero-order valence-electron chi connectivity index (χ0n) is 10.2. The Kier molecular flexibility index (Phi) is 2.63. The van der Waals surface area contributed by atoms with E-state index in [4.69, 9.17) is 4.74 Å². The lowest BCUT2D eigenvalue weighted by atomic mass is 9.97. The first kappa shape index (κ1) is 11.0. The van der Waals surface area contributed by atoms with Crippen LogP contribution in [-0.4, -0.2) is 5.78 Å². The summed E-state index contributed by atoms with van der Waals surface area (Å²) in [5, 5.41) is 2.38. The Hall–Kier alpha value is -2.09. The second-order valence-electron chi connectivity index (χ2n) is 4.66. The number of ketones is 1. The van der Waals surface area contributed by atoms with Crippen molar-refractivity contribution < 1.29 is 9.53 Å². The highest BCUT2D eigenvalue weighted by atomic mass is 16.5. The van der Waals surface area contributed by atoms with E-state index in [0.717, 1.165) is 5.56 Å². The number of fused-ring (bicyclic) bond motifs is 1. The first-order valence-corrected chi connectivity index (χ1v) is 6.08. The van der Waals surface area contributed by atoms with Crippen molar-refractivity contribution in [2.24, 2.45) is 0 Å². The topological polar surface area (TPSA) is 26.3 Å². The van der Waals surface area contributed by atoms with E-state index in [1.165, 1.54) is 10.8 Å². The van der Waals surface area contributed by atoms with Gasteiger partial charge < -0.3 is 4.74 Å². The second-order valence-corrected chi connectivity index (χ2v) is 4.66. The molecule has 2 heteroatoms. The zero-order chi connectivity index (χ0) is 12.5. The van der Waals surface area contributed by atoms with Crippen LogP contribution in [0.25, 0.3) is 10.8 Å². The molecule has 0 spiro atoms. The van der Waals surface area contributed by atoms with Gasteiger partial charge >= 0.3 is 0 Å². The van der Waals surface area contributed by atoms with Gasteiger partial charge in [0.2, 0.25) is 0 Å². The van der Waals surface area contributed by atoms with Crippen LogP contribution in [0.5, 0.6) is 0 Å². The summed E-state index contributed by atoms with van der Waals surface area (Å²) in [7, 11) is 0. The van der Waals surface area contributed by atoms with E-state index in [9.17, 15) is 4.79 Å². The molecule has 2 aromatic rings. The summed E-state index contributed by atoms with van der Waals surface area (Å²) in [5.74, 6) is 0.166. The average molecular weight is 238 g/mol. The zero-order valence-corrected chi connectivity index (χ0v) is 10.2. The van der Waals surface area contributed by atoms with E-state index in [2.05, 4.69) is 24.3 Å². The predicted molar refractivity (Wildman–Crippen MR) is 71.2 cm³/mol. The Balaban J connectivity index is 1.98. The molecule has 0 radical (unpaired) electrons. The van der Waals surface area contributed by atoms with Crippen LogP contribution < -0.4 is 0 Å². The van der Waals surface area contributed by atoms with E-state index in [-0.39, 0.29) is 11.9 Å². The number of ether oxygens (including phenoxy) is 1. The van der Waals surface area contributed by atoms with Crippen LogP contribution in [0.2, 0.25) is 0 Å². The van der Waals surface area contributed by atoms with Gasteiger partial charge in [0, 0.05) is 5.57 Å². The van der Waals surface area contributed by atoms with Crippen molar-refractivity contribution in [3.05, 3.63) is 59.9 Å². The van der Waals surface area contributed by atoms with Crippen LogP contribution in [0.4, 0.5) is 0 Å². The quantitative estimate of drug-likeness (QED) is 0.755. The number of benzene rings is 2. The minimum atomic E-state index is -0.147. The van der Waals surface area contributed by atoms with Gasteiger partial charge in [0.15, 0.2) is 5.78 Å². The fraction of sp³-hybridized carbons (Fsp3) is 0.188. The summed E-state index contributed by atoms with van der Waals surface area (Å²) in [4.78, 5) is 11.7. The van der Waals surface area contributed by atoms with Crippen LogP contribution in [0.1, 0.15) is 25.0 Å². The predicted octanol–water partition coefficient (Wildman–Crippen LogP) is 3.77. The minimum absolute atomic E-state index is 0.147. The maximum atomic E-state index is 11.7. The molecule has 90 valence electrons. The Bertz CT molecular complexity index is 640. The van der Waals surface area contributed by atoms with Crippen molar-refractivity contribution in [1.29, 1.82) is 0 Å². The van der Waals surface area contributed by atoms with Crippen molar-refractivity contribution in [2.75, 3.05) is 0 Å². The molecular formula is C16H14O2. The molecular weight excluding hydrogens is 224 g/mol. The molecule has 0 aliphatic carbocycles. The molecule has 0 saturated carbocycles. The molecule has 0 bridgehead atoms. The van der Waals surface area contributed by atoms with Gasteiger partial charge in [-0.05, 0) is 29.3 Å². The fourth-order valence-corrected chi connectivity index (χ4v) is 2.23. The largest absolute Gasteiger partial charge is 0.492 e. The number of carbonyl (C=O) groups is 1. The molecule has 0 aromatic heterocycles. The normalized spacial score (nSPS) is 19.5. The highest BCUT2D eigenvalue weighted by Crippen LogP contribution is 2.29. The molecule has 1 aliphatic rings. The third-order valence-corrected chi connectivity index (χ3v) is 3.37. The Morgan fingerprint density at radius 2 is 1.89 bits per heavy atom. The summed E-state index contributed by atoms with van der Waals surface area (Å²) < 4.78 is 5.61. The molecule has 18 heavy (non-hydrogen) atoms. The molecule has 1 unspecified atom stereocenters. The summed E-state index contributed by atoms with van der Waals surface area (Å²) in [6, 6.07) is 14.4. The molecule has 2 aromatic carbocycles. The van der Waals surface area contributed by atoms with Gasteiger partial charge in [-0.2, -0.15) is 0 Å². The fourth-order valence-electron chi connectivity index (χ4n) is 2.23. The smallest absolute Gasteiger partial charge is 0.165 e. The first-order chi connectivity index (χ1) is 8.74. The van der Waals surface area contributed by atoms with E-state index in [1.54, 1.807) is 13.2 Å². The standard InChI is InChI=1S/C16H14O2/c1-11-10-18-16(9-15(11)17)14-7-6-12-4-2-3-5-13(12)8-14/h2-8,10,16H,9H2,1H3. The van der Waals surface area contributed by atoms with Crippen molar-refractivity contribution >= 4 is 16.6 Å². The Morgan fingerprint density at radius 3 is 2.67 bits per heavy atom. The maximum absolute atomic E-state index is 11.7. The van der Waals surface area contributed by atoms with Crippen LogP contribution in [0, 0.1) is 0 Å². The monoisotopic (exact) mass is 238 g/mol. The summed E-state index contributed by atoms with van der Waals surface area (Å²) in [5.41, 5.74) is 1.76. The van der Waals surface area contributed by atoms with Gasteiger partial charge in [-0.25, -0.2) is 0 Å². The third kappa shape index (κ3) is 1.90. The average Bonchev–Trinajstić information content (AvgIpc) is 2.41. The van der Waals surface area contributed by atoms with Gasteiger partial charge in [0.25, 0.3) is 0 Å². The molecule has 1 heterocycles. The lowest BCUT2D eigenvalue weighted by Crippen LogP contribution is -2.14. The molecule has 1 atom stereocenters. The summed E-state index contributed by atoms with van der Waals surface area (Å²) in [6.07, 6.45) is 1.86. The maximum Gasteiger partial charge on any atom is 0.165 e. The highest BCUT2D eigenvalue weighted by molar-refractivity contribution is 5.95. The van der Waals surface area contributed by atoms with Crippen molar-refractivity contribution in [1.82, 2.24) is 0 Å². The molecule has 0 fully saturated rings. The third-order valence-electron chi connectivity index (χ3n) is 3.37. The van der Waals surface area contributed by atoms with Gasteiger partial charge in [-0.3, -0.25) is 4.79 Å². The second kappa shape index (κ2) is 4.30. The Labute approximate surface area is 106 Å². The number of hydrogen-bond acceptors (Lipinski definition) is 2. The molecule has 0 amide bonds. The van der Waals surface area contributed by atoms with Crippen molar-refractivity contribution in [2.45, 2.75) is 19.4 Å². The van der Waals surface area contributed by atoms with Gasteiger partial charge in [0.05, 0.1) is 12.7 Å². The van der Waals surface area contributed by atoms with Gasteiger partial charge in [-0.1, -0.05) is 36.4 Å². The van der Waals surface area contributed by atoms with Crippen LogP contribution in [-0.2, 0) is 9.53 Å². The highest BCUT2D eigenvalue weighted by Gasteiger charge is 2.22. The molecule has 3 rings (SSSR count). The van der Waals surface area contributed by atoms with E-state index < -0.39 is 0 Å². The summed E-state index contributed by atoms with van der Waals surface area (Å²) in [6.45, 7) is 1.79. The van der Waals surface area contributed by atoms with Gasteiger partial charge in [0.1, 0.15) is 6.10 Å². The van der Waals surface area contributed by atoms with Crippen LogP contribution >= 0.6 is 0 Å². The van der Waals surface area contributed by atoms with Gasteiger partial charge in [-0.15, -0.1) is 0 Å².